The number of rotatable bonds is 2. The van der Waals surface area contributed by atoms with Gasteiger partial charge in [0.2, 0.25) is 5.96 Å². The van der Waals surface area contributed by atoms with Gasteiger partial charge < -0.3 is 16.4 Å². The van der Waals surface area contributed by atoms with Gasteiger partial charge in [-0.25, -0.2) is 4.99 Å². The van der Waals surface area contributed by atoms with Gasteiger partial charge >= 0.3 is 6.18 Å². The molecule has 1 fully saturated rings. The summed E-state index contributed by atoms with van der Waals surface area (Å²) >= 11 is 0. The highest BCUT2D eigenvalue weighted by atomic mass is 35.5. The highest BCUT2D eigenvalue weighted by molar-refractivity contribution is 5.93. The van der Waals surface area contributed by atoms with E-state index in [-0.39, 0.29) is 24.9 Å². The van der Waals surface area contributed by atoms with E-state index in [4.69, 9.17) is 11.5 Å². The summed E-state index contributed by atoms with van der Waals surface area (Å²) in [6, 6.07) is 4.97. The van der Waals surface area contributed by atoms with Crippen LogP contribution in [0.5, 0.6) is 0 Å². The molecule has 1 aliphatic rings. The number of likely N-dealkylation sites (tertiary alicyclic amines) is 1. The molecular weight excluding hydrogens is 355 g/mol. The van der Waals surface area contributed by atoms with Gasteiger partial charge in [0.1, 0.15) is 0 Å². The van der Waals surface area contributed by atoms with Crippen LogP contribution in [-0.4, -0.2) is 29.9 Å². The van der Waals surface area contributed by atoms with Crippen LogP contribution < -0.4 is 11.5 Å². The normalized spacial score (nSPS) is 19.5. The second-order valence-electron chi connectivity index (χ2n) is 6.04. The molecule has 1 aliphatic heterocycles. The number of hydrogen-bond acceptors (Lipinski definition) is 1. The minimum absolute atomic E-state index is 0. The van der Waals surface area contributed by atoms with Crippen LogP contribution in [-0.2, 0) is 12.7 Å². The molecular formula is C16H23ClF3N5. The molecule has 0 bridgehead atoms. The number of alkyl halides is 3. The fourth-order valence-corrected chi connectivity index (χ4v) is 2.64. The van der Waals surface area contributed by atoms with Crippen molar-refractivity contribution in [3.8, 4) is 0 Å². The number of nitrogens with zero attached hydrogens (tertiary/aromatic N) is 3. The summed E-state index contributed by atoms with van der Waals surface area (Å²) in [6.45, 7) is 3.80. The van der Waals surface area contributed by atoms with Crippen LogP contribution >= 0.6 is 12.4 Å². The van der Waals surface area contributed by atoms with E-state index in [0.717, 1.165) is 38.1 Å². The number of nitrogens with two attached hydrogens (primary N) is 2. The molecule has 1 atom stereocenters. The maximum Gasteiger partial charge on any atom is 0.416 e. The Balaban J connectivity index is 0.00000312. The van der Waals surface area contributed by atoms with Crippen LogP contribution in [0, 0.1) is 5.92 Å². The summed E-state index contributed by atoms with van der Waals surface area (Å²) in [7, 11) is 0. The number of aliphatic imine (C=N–C) groups is 2. The zero-order chi connectivity index (χ0) is 17.7. The van der Waals surface area contributed by atoms with Crippen molar-refractivity contribution in [3.63, 3.8) is 0 Å². The van der Waals surface area contributed by atoms with E-state index in [9.17, 15) is 13.2 Å². The fourth-order valence-electron chi connectivity index (χ4n) is 2.64. The van der Waals surface area contributed by atoms with Gasteiger partial charge in [-0.1, -0.05) is 19.1 Å². The first-order chi connectivity index (χ1) is 11.3. The molecule has 9 heteroatoms. The van der Waals surface area contributed by atoms with E-state index in [1.807, 2.05) is 4.90 Å². The Hall–Kier alpha value is -1.96. The van der Waals surface area contributed by atoms with E-state index < -0.39 is 11.7 Å². The molecule has 140 valence electrons. The van der Waals surface area contributed by atoms with E-state index in [1.165, 1.54) is 6.07 Å². The molecule has 0 aromatic heterocycles. The number of hydrogen-bond donors (Lipinski definition) is 2. The Morgan fingerprint density at radius 3 is 2.68 bits per heavy atom. The molecule has 0 amide bonds. The first kappa shape index (κ1) is 21.1. The van der Waals surface area contributed by atoms with Crippen molar-refractivity contribution in [3.05, 3.63) is 35.4 Å². The van der Waals surface area contributed by atoms with E-state index in [0.29, 0.717) is 17.4 Å². The maximum atomic E-state index is 12.7. The van der Waals surface area contributed by atoms with Gasteiger partial charge in [0.25, 0.3) is 0 Å². The largest absolute Gasteiger partial charge is 0.416 e. The summed E-state index contributed by atoms with van der Waals surface area (Å²) in [6.07, 6.45) is -2.18. The minimum atomic E-state index is -4.38. The zero-order valence-corrected chi connectivity index (χ0v) is 14.8. The average Bonchev–Trinajstić information content (AvgIpc) is 2.52. The molecule has 0 radical (unpaired) electrons. The average molecular weight is 378 g/mol. The quantitative estimate of drug-likeness (QED) is 0.614. The minimum Gasteiger partial charge on any atom is -0.369 e. The Morgan fingerprint density at radius 1 is 1.32 bits per heavy atom. The molecule has 1 unspecified atom stereocenters. The van der Waals surface area contributed by atoms with Gasteiger partial charge in [-0.15, -0.1) is 12.4 Å². The van der Waals surface area contributed by atoms with Crippen LogP contribution in [0.1, 0.15) is 30.9 Å². The molecule has 1 aromatic rings. The Kier molecular flexibility index (Phi) is 7.54. The number of benzene rings is 1. The summed E-state index contributed by atoms with van der Waals surface area (Å²) in [5.74, 6) is 0.797. The smallest absolute Gasteiger partial charge is 0.369 e. The van der Waals surface area contributed by atoms with Gasteiger partial charge in [0.05, 0.1) is 12.1 Å². The molecule has 25 heavy (non-hydrogen) atoms. The van der Waals surface area contributed by atoms with Crippen LogP contribution in [0.15, 0.2) is 34.3 Å². The number of piperidine rings is 1. The highest BCUT2D eigenvalue weighted by Crippen LogP contribution is 2.29. The highest BCUT2D eigenvalue weighted by Gasteiger charge is 2.30. The molecule has 1 heterocycles. The van der Waals surface area contributed by atoms with E-state index >= 15 is 0 Å². The lowest BCUT2D eigenvalue weighted by molar-refractivity contribution is -0.137. The van der Waals surface area contributed by atoms with Crippen molar-refractivity contribution in [1.82, 2.24) is 4.90 Å². The summed E-state index contributed by atoms with van der Waals surface area (Å²) < 4.78 is 38.0. The van der Waals surface area contributed by atoms with Crippen molar-refractivity contribution in [2.45, 2.75) is 32.5 Å². The molecule has 1 aromatic carbocycles. The fraction of sp³-hybridized carbons (Fsp3) is 0.500. The van der Waals surface area contributed by atoms with Gasteiger partial charge in [-0.2, -0.15) is 18.2 Å². The maximum absolute atomic E-state index is 12.7. The third kappa shape index (κ3) is 6.45. The zero-order valence-electron chi connectivity index (χ0n) is 14.0. The van der Waals surface area contributed by atoms with Crippen molar-refractivity contribution in [2.24, 2.45) is 27.4 Å². The van der Waals surface area contributed by atoms with Gasteiger partial charge in [-0.3, -0.25) is 0 Å². The lowest BCUT2D eigenvalue weighted by Gasteiger charge is -2.31. The molecule has 2 rings (SSSR count). The number of halogens is 4. The van der Waals surface area contributed by atoms with Crippen molar-refractivity contribution >= 4 is 24.3 Å². The molecule has 0 spiro atoms. The monoisotopic (exact) mass is 377 g/mol. The van der Waals surface area contributed by atoms with Crippen LogP contribution in [0.2, 0.25) is 0 Å². The Morgan fingerprint density at radius 2 is 2.04 bits per heavy atom. The van der Waals surface area contributed by atoms with Gasteiger partial charge in [0.15, 0.2) is 5.96 Å². The van der Waals surface area contributed by atoms with Crippen molar-refractivity contribution < 1.29 is 13.2 Å². The van der Waals surface area contributed by atoms with Crippen molar-refractivity contribution in [1.29, 1.82) is 0 Å². The SMILES string of the molecule is CC1CCCN(C(N)=NC(N)=NCc2cccc(C(F)(F)F)c2)C1.Cl. The lowest BCUT2D eigenvalue weighted by atomic mass is 10.0. The number of guanidine groups is 2. The second kappa shape index (κ2) is 8.94. The Labute approximate surface area is 151 Å². The molecule has 1 saturated heterocycles. The first-order valence-electron chi connectivity index (χ1n) is 7.81. The second-order valence-corrected chi connectivity index (χ2v) is 6.04. The third-order valence-corrected chi connectivity index (χ3v) is 3.89. The summed E-state index contributed by atoms with van der Waals surface area (Å²) in [4.78, 5) is 10.00. The van der Waals surface area contributed by atoms with Crippen LogP contribution in [0.25, 0.3) is 0 Å². The topological polar surface area (TPSA) is 80.0 Å². The van der Waals surface area contributed by atoms with Gasteiger partial charge in [-0.05, 0) is 36.5 Å². The molecule has 0 saturated carbocycles. The van der Waals surface area contributed by atoms with Crippen LogP contribution in [0.3, 0.4) is 0 Å². The predicted octanol–water partition coefficient (Wildman–Crippen LogP) is 2.99. The van der Waals surface area contributed by atoms with E-state index in [2.05, 4.69) is 16.9 Å². The van der Waals surface area contributed by atoms with E-state index in [1.54, 1.807) is 6.07 Å². The first-order valence-corrected chi connectivity index (χ1v) is 7.81. The van der Waals surface area contributed by atoms with Crippen molar-refractivity contribution in [2.75, 3.05) is 13.1 Å². The third-order valence-electron chi connectivity index (χ3n) is 3.89. The summed E-state index contributed by atoms with van der Waals surface area (Å²) in [5.41, 5.74) is 11.4. The molecule has 4 N–H and O–H groups in total. The summed E-state index contributed by atoms with van der Waals surface area (Å²) in [5, 5.41) is 0. The Bertz CT molecular complexity index is 630. The predicted molar refractivity (Wildman–Crippen MR) is 95.6 cm³/mol. The molecule has 5 nitrogen and oxygen atoms in total. The van der Waals surface area contributed by atoms with Gasteiger partial charge in [0, 0.05) is 13.1 Å². The molecule has 0 aliphatic carbocycles. The standard InChI is InChI=1S/C16H22F3N5.ClH/c1-11-4-3-7-24(10-11)15(21)23-14(20)22-9-12-5-2-6-13(8-12)16(17,18)19;/h2,5-6,8,11H,3-4,7,9-10H2,1H3,(H4,20,21,22,23);1H. The lowest BCUT2D eigenvalue weighted by Crippen LogP contribution is -2.44. The van der Waals surface area contributed by atoms with Crippen LogP contribution in [0.4, 0.5) is 13.2 Å².